The van der Waals surface area contributed by atoms with Gasteiger partial charge in [0, 0.05) is 12.2 Å². The van der Waals surface area contributed by atoms with Crippen molar-refractivity contribution >= 4 is 21.6 Å². The minimum atomic E-state index is -4.68. The molecule has 0 aliphatic rings. The molecule has 0 atom stereocenters. The maximum absolute atomic E-state index is 12.1. The van der Waals surface area contributed by atoms with Crippen LogP contribution in [-0.2, 0) is 0 Å². The van der Waals surface area contributed by atoms with Crippen LogP contribution in [-0.4, -0.2) is 12.9 Å². The SMILES string of the molecule is CC(C)(C)CCNc1ccc(OC(F)(F)F)c(Br)c1. The average molecular weight is 340 g/mol. The summed E-state index contributed by atoms with van der Waals surface area (Å²) in [5, 5.41) is 3.17. The van der Waals surface area contributed by atoms with E-state index in [1.165, 1.54) is 6.07 Å². The van der Waals surface area contributed by atoms with Crippen LogP contribution in [0.5, 0.6) is 5.75 Å². The van der Waals surface area contributed by atoms with Gasteiger partial charge in [-0.05, 0) is 46.0 Å². The van der Waals surface area contributed by atoms with Crippen molar-refractivity contribution in [2.24, 2.45) is 5.41 Å². The summed E-state index contributed by atoms with van der Waals surface area (Å²) in [6.45, 7) is 7.15. The molecule has 0 saturated heterocycles. The highest BCUT2D eigenvalue weighted by atomic mass is 79.9. The van der Waals surface area contributed by atoms with Gasteiger partial charge in [0.25, 0.3) is 0 Å². The van der Waals surface area contributed by atoms with Gasteiger partial charge < -0.3 is 10.1 Å². The molecule has 0 aliphatic carbocycles. The second-order valence-electron chi connectivity index (χ2n) is 5.43. The number of hydrogen-bond acceptors (Lipinski definition) is 2. The number of anilines is 1. The van der Waals surface area contributed by atoms with E-state index in [-0.39, 0.29) is 15.6 Å². The summed E-state index contributed by atoms with van der Waals surface area (Å²) < 4.78 is 40.4. The molecule has 0 radical (unpaired) electrons. The number of halogens is 4. The van der Waals surface area contributed by atoms with Crippen LogP contribution in [0.4, 0.5) is 18.9 Å². The van der Waals surface area contributed by atoms with Gasteiger partial charge in [-0.1, -0.05) is 20.8 Å². The molecule has 0 heterocycles. The second-order valence-corrected chi connectivity index (χ2v) is 6.28. The minimum absolute atomic E-state index is 0.212. The second kappa shape index (κ2) is 6.03. The molecule has 19 heavy (non-hydrogen) atoms. The Balaban J connectivity index is 2.62. The molecule has 0 amide bonds. The predicted octanol–water partition coefficient (Wildman–Crippen LogP) is 5.20. The van der Waals surface area contributed by atoms with Gasteiger partial charge in [0.1, 0.15) is 5.75 Å². The molecule has 0 aromatic heterocycles. The smallest absolute Gasteiger partial charge is 0.405 e. The van der Waals surface area contributed by atoms with Gasteiger partial charge in [-0.15, -0.1) is 13.2 Å². The highest BCUT2D eigenvalue weighted by molar-refractivity contribution is 9.10. The molecular formula is C13H17BrF3NO. The highest BCUT2D eigenvalue weighted by Gasteiger charge is 2.31. The summed E-state index contributed by atoms with van der Waals surface area (Å²) in [6, 6.07) is 4.43. The maximum Gasteiger partial charge on any atom is 0.573 e. The Morgan fingerprint density at radius 3 is 2.32 bits per heavy atom. The Bertz CT molecular complexity index is 427. The summed E-state index contributed by atoms with van der Waals surface area (Å²) in [5.74, 6) is -0.242. The van der Waals surface area contributed by atoms with E-state index in [1.807, 2.05) is 0 Å². The third-order valence-corrected chi connectivity index (χ3v) is 2.98. The zero-order valence-electron chi connectivity index (χ0n) is 11.1. The standard InChI is InChI=1S/C13H17BrF3NO/c1-12(2,3)6-7-18-9-4-5-11(10(14)8-9)19-13(15,16)17/h4-5,8,18H,6-7H2,1-3H3. The number of alkyl halides is 3. The van der Waals surface area contributed by atoms with Crippen LogP contribution >= 0.6 is 15.9 Å². The van der Waals surface area contributed by atoms with E-state index < -0.39 is 6.36 Å². The fourth-order valence-corrected chi connectivity index (χ4v) is 1.86. The lowest BCUT2D eigenvalue weighted by atomic mass is 9.92. The molecule has 2 nitrogen and oxygen atoms in total. The average Bonchev–Trinajstić information content (AvgIpc) is 2.18. The third-order valence-electron chi connectivity index (χ3n) is 2.36. The molecule has 0 aliphatic heterocycles. The highest BCUT2D eigenvalue weighted by Crippen LogP contribution is 2.32. The van der Waals surface area contributed by atoms with E-state index >= 15 is 0 Å². The molecule has 0 unspecified atom stereocenters. The number of hydrogen-bond donors (Lipinski definition) is 1. The van der Waals surface area contributed by atoms with Crippen LogP contribution in [0.25, 0.3) is 0 Å². The van der Waals surface area contributed by atoms with Crippen LogP contribution in [0, 0.1) is 5.41 Å². The monoisotopic (exact) mass is 339 g/mol. The molecular weight excluding hydrogens is 323 g/mol. The van der Waals surface area contributed by atoms with Crippen molar-refractivity contribution in [1.29, 1.82) is 0 Å². The Hall–Kier alpha value is -0.910. The van der Waals surface area contributed by atoms with E-state index in [0.717, 1.165) is 18.7 Å². The molecule has 0 fully saturated rings. The molecule has 1 aromatic carbocycles. The lowest BCUT2D eigenvalue weighted by molar-refractivity contribution is -0.274. The molecule has 1 N–H and O–H groups in total. The number of ether oxygens (including phenoxy) is 1. The fourth-order valence-electron chi connectivity index (χ4n) is 1.40. The molecule has 1 aromatic rings. The van der Waals surface area contributed by atoms with E-state index in [9.17, 15) is 13.2 Å². The van der Waals surface area contributed by atoms with Crippen molar-refractivity contribution < 1.29 is 17.9 Å². The fraction of sp³-hybridized carbons (Fsp3) is 0.538. The first kappa shape index (κ1) is 16.1. The van der Waals surface area contributed by atoms with Crippen molar-refractivity contribution in [1.82, 2.24) is 0 Å². The quantitative estimate of drug-likeness (QED) is 0.814. The largest absolute Gasteiger partial charge is 0.573 e. The molecule has 1 rings (SSSR count). The van der Waals surface area contributed by atoms with Crippen molar-refractivity contribution in [2.45, 2.75) is 33.6 Å². The topological polar surface area (TPSA) is 21.3 Å². The Kier molecular flexibility index (Phi) is 5.12. The first-order valence-corrected chi connectivity index (χ1v) is 6.65. The number of benzene rings is 1. The summed E-state index contributed by atoms with van der Waals surface area (Å²) in [5.41, 5.74) is 0.967. The van der Waals surface area contributed by atoms with Gasteiger partial charge in [-0.2, -0.15) is 0 Å². The number of nitrogens with one attached hydrogen (secondary N) is 1. The van der Waals surface area contributed by atoms with E-state index in [2.05, 4.69) is 46.8 Å². The predicted molar refractivity (Wildman–Crippen MR) is 73.4 cm³/mol. The summed E-state index contributed by atoms with van der Waals surface area (Å²) in [4.78, 5) is 0. The zero-order chi connectivity index (χ0) is 14.7. The van der Waals surface area contributed by atoms with Gasteiger partial charge in [0.2, 0.25) is 0 Å². The molecule has 0 bridgehead atoms. The van der Waals surface area contributed by atoms with Crippen LogP contribution < -0.4 is 10.1 Å². The number of rotatable bonds is 4. The van der Waals surface area contributed by atoms with Crippen LogP contribution in [0.1, 0.15) is 27.2 Å². The lowest BCUT2D eigenvalue weighted by Crippen LogP contribution is -2.17. The van der Waals surface area contributed by atoms with E-state index in [4.69, 9.17) is 0 Å². The maximum atomic E-state index is 12.1. The van der Waals surface area contributed by atoms with Gasteiger partial charge in [-0.25, -0.2) is 0 Å². The first-order chi connectivity index (χ1) is 8.57. The lowest BCUT2D eigenvalue weighted by Gasteiger charge is -2.19. The normalized spacial score (nSPS) is 12.4. The minimum Gasteiger partial charge on any atom is -0.405 e. The zero-order valence-corrected chi connectivity index (χ0v) is 12.7. The van der Waals surface area contributed by atoms with E-state index in [1.54, 1.807) is 12.1 Å². The van der Waals surface area contributed by atoms with E-state index in [0.29, 0.717) is 0 Å². The summed E-state index contributed by atoms with van der Waals surface area (Å²) >= 11 is 3.07. The van der Waals surface area contributed by atoms with Crippen molar-refractivity contribution in [3.05, 3.63) is 22.7 Å². The van der Waals surface area contributed by atoms with Crippen LogP contribution in [0.2, 0.25) is 0 Å². The van der Waals surface area contributed by atoms with Crippen molar-refractivity contribution in [2.75, 3.05) is 11.9 Å². The molecule has 108 valence electrons. The molecule has 6 heteroatoms. The molecule has 0 spiro atoms. The van der Waals surface area contributed by atoms with Crippen molar-refractivity contribution in [3.63, 3.8) is 0 Å². The first-order valence-electron chi connectivity index (χ1n) is 5.86. The summed E-state index contributed by atoms with van der Waals surface area (Å²) in [6.07, 6.45) is -3.71. The van der Waals surface area contributed by atoms with Gasteiger partial charge in [0.15, 0.2) is 0 Å². The van der Waals surface area contributed by atoms with Crippen LogP contribution in [0.15, 0.2) is 22.7 Å². The summed E-state index contributed by atoms with van der Waals surface area (Å²) in [7, 11) is 0. The van der Waals surface area contributed by atoms with Gasteiger partial charge >= 0.3 is 6.36 Å². The Labute approximate surface area is 119 Å². The third kappa shape index (κ3) is 6.71. The van der Waals surface area contributed by atoms with Gasteiger partial charge in [0.05, 0.1) is 4.47 Å². The van der Waals surface area contributed by atoms with Gasteiger partial charge in [-0.3, -0.25) is 0 Å². The Morgan fingerprint density at radius 2 is 1.84 bits per heavy atom. The van der Waals surface area contributed by atoms with Crippen molar-refractivity contribution in [3.8, 4) is 5.75 Å². The molecule has 0 saturated carbocycles. The Morgan fingerprint density at radius 1 is 1.21 bits per heavy atom. The van der Waals surface area contributed by atoms with Crippen LogP contribution in [0.3, 0.4) is 0 Å².